The summed E-state index contributed by atoms with van der Waals surface area (Å²) in [5.41, 5.74) is -2.07. The van der Waals surface area contributed by atoms with E-state index < -0.39 is 38.6 Å². The van der Waals surface area contributed by atoms with Crippen LogP contribution in [0.4, 0.5) is 13.2 Å². The lowest BCUT2D eigenvalue weighted by atomic mass is 10.0. The molecule has 0 aromatic carbocycles. The summed E-state index contributed by atoms with van der Waals surface area (Å²) in [5.74, 6) is -1.16. The quantitative estimate of drug-likeness (QED) is 0.506. The molecule has 0 radical (unpaired) electrons. The molecule has 2 heterocycles. The van der Waals surface area contributed by atoms with E-state index in [1.165, 1.54) is 25.3 Å². The number of carbonyl (C=O) groups excluding carboxylic acids is 1. The molecule has 1 saturated heterocycles. The standard InChI is InChI=1S/C15H19ClF3N3O5S/c1-13(5-7-26-8-13)22(28(24,25)15(17,18)19)14(2,16)9-27-12-10(11(20)23)4-3-6-21-12/h3-4,6H,5,7-9H2,1-2H3,(H2,20,23)/t13?,14-/m1/s1. The Hall–Kier alpha value is -1.63. The van der Waals surface area contributed by atoms with Gasteiger partial charge in [0, 0.05) is 12.8 Å². The molecule has 1 aliphatic rings. The van der Waals surface area contributed by atoms with Crippen LogP contribution in [0.25, 0.3) is 0 Å². The van der Waals surface area contributed by atoms with Crippen LogP contribution in [-0.4, -0.2) is 59.5 Å². The fourth-order valence-electron chi connectivity index (χ4n) is 2.98. The first-order valence-electron chi connectivity index (χ1n) is 7.98. The lowest BCUT2D eigenvalue weighted by Gasteiger charge is -2.44. The lowest BCUT2D eigenvalue weighted by molar-refractivity contribution is -0.0569. The minimum Gasteiger partial charge on any atom is -0.474 e. The van der Waals surface area contributed by atoms with Crippen LogP contribution in [-0.2, 0) is 14.8 Å². The van der Waals surface area contributed by atoms with Crippen molar-refractivity contribution in [2.24, 2.45) is 5.73 Å². The number of hydrogen-bond donors (Lipinski definition) is 1. The minimum absolute atomic E-state index is 0.000737. The maximum absolute atomic E-state index is 13.3. The molecule has 0 aliphatic carbocycles. The number of carbonyl (C=O) groups is 1. The van der Waals surface area contributed by atoms with Crippen molar-refractivity contribution in [1.82, 2.24) is 9.29 Å². The number of nitrogens with zero attached hydrogens (tertiary/aromatic N) is 2. The molecule has 0 spiro atoms. The summed E-state index contributed by atoms with van der Waals surface area (Å²) in [6.07, 6.45) is 1.27. The first kappa shape index (κ1) is 22.7. The average molecular weight is 446 g/mol. The fraction of sp³-hybridized carbons (Fsp3) is 0.600. The van der Waals surface area contributed by atoms with Crippen LogP contribution in [0.5, 0.6) is 5.88 Å². The summed E-state index contributed by atoms with van der Waals surface area (Å²) in [4.78, 5) is 13.0. The molecule has 0 bridgehead atoms. The topological polar surface area (TPSA) is 112 Å². The van der Waals surface area contributed by atoms with Crippen LogP contribution in [0.3, 0.4) is 0 Å². The molecular formula is C15H19ClF3N3O5S. The highest BCUT2D eigenvalue weighted by molar-refractivity contribution is 7.90. The van der Waals surface area contributed by atoms with E-state index in [1.807, 2.05) is 0 Å². The molecule has 8 nitrogen and oxygen atoms in total. The van der Waals surface area contributed by atoms with Gasteiger partial charge in [0.05, 0.1) is 12.1 Å². The first-order chi connectivity index (χ1) is 12.7. The molecule has 158 valence electrons. The third-order valence-electron chi connectivity index (χ3n) is 4.15. The third-order valence-corrected chi connectivity index (χ3v) is 6.44. The minimum atomic E-state index is -5.84. The van der Waals surface area contributed by atoms with E-state index in [9.17, 15) is 26.4 Å². The number of amides is 1. The number of pyridine rings is 1. The van der Waals surface area contributed by atoms with E-state index in [-0.39, 0.29) is 35.4 Å². The van der Waals surface area contributed by atoms with Crippen LogP contribution >= 0.6 is 11.6 Å². The van der Waals surface area contributed by atoms with Crippen LogP contribution in [0.2, 0.25) is 0 Å². The predicted molar refractivity (Wildman–Crippen MR) is 93.2 cm³/mol. The van der Waals surface area contributed by atoms with Crippen molar-refractivity contribution in [1.29, 1.82) is 0 Å². The SMILES string of the molecule is CC1(N([C@@](C)(Cl)COc2ncccc2C(N)=O)S(=O)(=O)C(F)(F)F)CCOC1. The predicted octanol–water partition coefficient (Wildman–Crippen LogP) is 1.84. The van der Waals surface area contributed by atoms with Crippen molar-refractivity contribution < 1.29 is 35.9 Å². The van der Waals surface area contributed by atoms with Crippen molar-refractivity contribution in [3.63, 3.8) is 0 Å². The van der Waals surface area contributed by atoms with E-state index in [0.29, 0.717) is 0 Å². The van der Waals surface area contributed by atoms with Gasteiger partial charge in [-0.3, -0.25) is 4.79 Å². The third kappa shape index (κ3) is 4.34. The monoisotopic (exact) mass is 445 g/mol. The van der Waals surface area contributed by atoms with Crippen LogP contribution in [0, 0.1) is 0 Å². The summed E-state index contributed by atoms with van der Waals surface area (Å²) < 4.78 is 75.1. The van der Waals surface area contributed by atoms with E-state index in [4.69, 9.17) is 26.8 Å². The van der Waals surface area contributed by atoms with Crippen molar-refractivity contribution in [2.45, 2.75) is 36.3 Å². The van der Waals surface area contributed by atoms with Gasteiger partial charge in [0.15, 0.2) is 0 Å². The van der Waals surface area contributed by atoms with Crippen molar-refractivity contribution in [3.8, 4) is 5.88 Å². The Morgan fingerprint density at radius 2 is 2.14 bits per heavy atom. The molecule has 1 aromatic heterocycles. The molecule has 1 fully saturated rings. The van der Waals surface area contributed by atoms with Crippen LogP contribution in [0.15, 0.2) is 18.3 Å². The van der Waals surface area contributed by atoms with Crippen LogP contribution < -0.4 is 10.5 Å². The molecule has 2 rings (SSSR count). The first-order valence-corrected chi connectivity index (χ1v) is 9.80. The van der Waals surface area contributed by atoms with Gasteiger partial charge in [0.2, 0.25) is 5.88 Å². The zero-order valence-electron chi connectivity index (χ0n) is 15.0. The Morgan fingerprint density at radius 1 is 1.50 bits per heavy atom. The zero-order valence-corrected chi connectivity index (χ0v) is 16.6. The Kier molecular flexibility index (Phi) is 6.19. The highest BCUT2D eigenvalue weighted by Gasteiger charge is 2.61. The zero-order chi connectivity index (χ0) is 21.4. The maximum Gasteiger partial charge on any atom is 0.511 e. The second-order valence-electron chi connectivity index (χ2n) is 6.67. The number of rotatable bonds is 7. The van der Waals surface area contributed by atoms with Gasteiger partial charge in [-0.05, 0) is 32.4 Å². The van der Waals surface area contributed by atoms with Gasteiger partial charge in [-0.1, -0.05) is 11.6 Å². The lowest BCUT2D eigenvalue weighted by Crippen LogP contribution is -2.63. The Labute approximate surface area is 164 Å². The van der Waals surface area contributed by atoms with E-state index in [0.717, 1.165) is 6.92 Å². The molecule has 1 aliphatic heterocycles. The van der Waals surface area contributed by atoms with Gasteiger partial charge in [0.1, 0.15) is 17.2 Å². The largest absolute Gasteiger partial charge is 0.511 e. The molecule has 0 saturated carbocycles. The summed E-state index contributed by atoms with van der Waals surface area (Å²) in [6.45, 7) is 1.42. The second kappa shape index (κ2) is 7.65. The number of halogens is 4. The number of alkyl halides is 4. The van der Waals surface area contributed by atoms with Gasteiger partial charge in [-0.25, -0.2) is 13.4 Å². The van der Waals surface area contributed by atoms with Crippen molar-refractivity contribution in [2.75, 3.05) is 19.8 Å². The fourth-order valence-corrected chi connectivity index (χ4v) is 4.99. The molecule has 1 aromatic rings. The van der Waals surface area contributed by atoms with Crippen LogP contribution in [0.1, 0.15) is 30.6 Å². The maximum atomic E-state index is 13.3. The molecular weight excluding hydrogens is 427 g/mol. The average Bonchev–Trinajstić information content (AvgIpc) is 2.98. The smallest absolute Gasteiger partial charge is 0.474 e. The Morgan fingerprint density at radius 3 is 2.64 bits per heavy atom. The summed E-state index contributed by atoms with van der Waals surface area (Å²) in [6, 6.07) is 2.71. The Bertz CT molecular complexity index is 842. The van der Waals surface area contributed by atoms with Gasteiger partial charge in [0.25, 0.3) is 5.91 Å². The number of aromatic nitrogens is 1. The molecule has 28 heavy (non-hydrogen) atoms. The second-order valence-corrected chi connectivity index (χ2v) is 9.26. The number of primary amides is 1. The number of ether oxygens (including phenoxy) is 2. The normalized spacial score (nSPS) is 22.8. The van der Waals surface area contributed by atoms with Gasteiger partial charge in [-0.15, -0.1) is 0 Å². The molecule has 2 N–H and O–H groups in total. The van der Waals surface area contributed by atoms with Crippen molar-refractivity contribution in [3.05, 3.63) is 23.9 Å². The summed E-state index contributed by atoms with van der Waals surface area (Å²) in [5, 5.41) is 0. The van der Waals surface area contributed by atoms with Crippen molar-refractivity contribution >= 4 is 27.5 Å². The Balaban J connectivity index is 2.41. The van der Waals surface area contributed by atoms with Gasteiger partial charge in [-0.2, -0.15) is 17.5 Å². The van der Waals surface area contributed by atoms with E-state index in [1.54, 1.807) is 0 Å². The number of hydrogen-bond acceptors (Lipinski definition) is 6. The highest BCUT2D eigenvalue weighted by Crippen LogP contribution is 2.42. The van der Waals surface area contributed by atoms with Gasteiger partial charge >= 0.3 is 15.5 Å². The van der Waals surface area contributed by atoms with Gasteiger partial charge < -0.3 is 15.2 Å². The molecule has 1 unspecified atom stereocenters. The molecule has 2 atom stereocenters. The van der Waals surface area contributed by atoms with E-state index >= 15 is 0 Å². The van der Waals surface area contributed by atoms with E-state index in [2.05, 4.69) is 4.98 Å². The summed E-state index contributed by atoms with van der Waals surface area (Å²) in [7, 11) is -5.84. The number of sulfonamides is 1. The molecule has 1 amide bonds. The summed E-state index contributed by atoms with van der Waals surface area (Å²) >= 11 is 6.27. The number of nitrogens with two attached hydrogens (primary N) is 1. The highest BCUT2D eigenvalue weighted by atomic mass is 35.5. The molecule has 13 heteroatoms.